The van der Waals surface area contributed by atoms with Crippen LogP contribution in [-0.4, -0.2) is 29.3 Å². The zero-order valence-corrected chi connectivity index (χ0v) is 17.7. The molecule has 0 atom stereocenters. The van der Waals surface area contributed by atoms with Gasteiger partial charge in [-0.2, -0.15) is 16.8 Å². The van der Waals surface area contributed by atoms with Gasteiger partial charge in [-0.05, 0) is 49.2 Å². The lowest BCUT2D eigenvalue weighted by Crippen LogP contribution is -2.07. The Balaban J connectivity index is 2.55. The fourth-order valence-corrected chi connectivity index (χ4v) is 3.51. The van der Waals surface area contributed by atoms with E-state index < -0.39 is 20.2 Å². The van der Waals surface area contributed by atoms with Gasteiger partial charge < -0.3 is 8.37 Å². The number of allylic oxidation sites excluding steroid dienone is 2. The number of benzene rings is 2. The van der Waals surface area contributed by atoms with E-state index in [1.165, 1.54) is 0 Å². The Bertz CT molecular complexity index is 1040. The summed E-state index contributed by atoms with van der Waals surface area (Å²) in [7, 11) is -7.30. The van der Waals surface area contributed by atoms with E-state index in [1.54, 1.807) is 60.7 Å². The summed E-state index contributed by atoms with van der Waals surface area (Å²) in [5.74, 6) is 0.463. The predicted molar refractivity (Wildman–Crippen MR) is 112 cm³/mol. The van der Waals surface area contributed by atoms with E-state index in [0.717, 1.165) is 23.6 Å². The van der Waals surface area contributed by atoms with Crippen LogP contribution in [0.1, 0.15) is 25.0 Å². The smallest absolute Gasteiger partial charge is 0.306 e. The second-order valence-electron chi connectivity index (χ2n) is 6.08. The Morgan fingerprint density at radius 3 is 1.32 bits per heavy atom. The number of hydrogen-bond acceptors (Lipinski definition) is 6. The van der Waals surface area contributed by atoms with Crippen LogP contribution < -0.4 is 8.37 Å². The molecule has 2 rings (SSSR count). The second kappa shape index (κ2) is 8.62. The Kier molecular flexibility index (Phi) is 6.69. The van der Waals surface area contributed by atoms with Crippen LogP contribution in [0.15, 0.2) is 48.6 Å². The Labute approximate surface area is 166 Å². The molecule has 0 aliphatic rings. The molecule has 0 saturated heterocycles. The fraction of sp³-hybridized carbons (Fsp3) is 0.200. The van der Waals surface area contributed by atoms with Gasteiger partial charge in [-0.15, -0.1) is 0 Å². The minimum atomic E-state index is -3.65. The van der Waals surface area contributed by atoms with Gasteiger partial charge in [-0.3, -0.25) is 0 Å². The van der Waals surface area contributed by atoms with Crippen LogP contribution in [0.5, 0.6) is 11.5 Å². The molecule has 0 aliphatic carbocycles. The summed E-state index contributed by atoms with van der Waals surface area (Å²) in [5, 5.41) is 0. The first-order chi connectivity index (χ1) is 13.0. The van der Waals surface area contributed by atoms with Crippen LogP contribution >= 0.6 is 0 Å². The highest BCUT2D eigenvalue weighted by Gasteiger charge is 2.13. The molecule has 28 heavy (non-hydrogen) atoms. The van der Waals surface area contributed by atoms with Gasteiger partial charge >= 0.3 is 20.2 Å². The Morgan fingerprint density at radius 2 is 1.04 bits per heavy atom. The molecular formula is C20H22O6S2. The van der Waals surface area contributed by atoms with Crippen LogP contribution in [0, 0.1) is 0 Å². The molecular weight excluding hydrogens is 400 g/mol. The molecule has 0 spiro atoms. The third-order valence-electron chi connectivity index (χ3n) is 3.53. The number of hydrogen-bond donors (Lipinski definition) is 0. The molecule has 0 aromatic heterocycles. The monoisotopic (exact) mass is 422 g/mol. The summed E-state index contributed by atoms with van der Waals surface area (Å²) in [6.45, 7) is 3.64. The average Bonchev–Trinajstić information content (AvgIpc) is 2.56. The van der Waals surface area contributed by atoms with E-state index in [-0.39, 0.29) is 11.5 Å². The predicted octanol–water partition coefficient (Wildman–Crippen LogP) is 4.10. The standard InChI is InChI=1S/C20H22O6S2/c1-5-7-17-13-15(9-11-19(17)25-27(3,21)22)16-10-12-20(26-28(4,23)24)18(14-16)8-6-2/h5-14H,1-4H3/b7-5-,8-6-. The zero-order chi connectivity index (χ0) is 20.9. The fourth-order valence-electron chi connectivity index (χ4n) is 2.55. The van der Waals surface area contributed by atoms with E-state index in [0.29, 0.717) is 11.1 Å². The molecule has 0 saturated carbocycles. The first-order valence-electron chi connectivity index (χ1n) is 8.35. The van der Waals surface area contributed by atoms with Crippen LogP contribution in [0.2, 0.25) is 0 Å². The van der Waals surface area contributed by atoms with Crippen molar-refractivity contribution in [3.05, 3.63) is 59.7 Å². The zero-order valence-electron chi connectivity index (χ0n) is 16.0. The molecule has 150 valence electrons. The van der Waals surface area contributed by atoms with Gasteiger partial charge in [0.25, 0.3) is 0 Å². The van der Waals surface area contributed by atoms with Gasteiger partial charge in [0, 0.05) is 11.1 Å². The average molecular weight is 423 g/mol. The van der Waals surface area contributed by atoms with E-state index >= 15 is 0 Å². The highest BCUT2D eigenvalue weighted by Crippen LogP contribution is 2.32. The normalized spacial score (nSPS) is 12.6. The maximum atomic E-state index is 11.5. The van der Waals surface area contributed by atoms with Gasteiger partial charge in [-0.1, -0.05) is 36.4 Å². The second-order valence-corrected chi connectivity index (χ2v) is 9.23. The molecule has 0 fully saturated rings. The summed E-state index contributed by atoms with van der Waals surface area (Å²) in [4.78, 5) is 0. The third-order valence-corrected chi connectivity index (χ3v) is 4.49. The minimum Gasteiger partial charge on any atom is -0.382 e. The van der Waals surface area contributed by atoms with Gasteiger partial charge in [0.05, 0.1) is 12.5 Å². The van der Waals surface area contributed by atoms with E-state index in [9.17, 15) is 16.8 Å². The molecule has 0 bridgehead atoms. The van der Waals surface area contributed by atoms with Crippen molar-refractivity contribution in [3.8, 4) is 22.6 Å². The first kappa shape index (κ1) is 21.7. The summed E-state index contributed by atoms with van der Waals surface area (Å²) in [6, 6.07) is 10.2. The summed E-state index contributed by atoms with van der Waals surface area (Å²) in [5.41, 5.74) is 2.83. The van der Waals surface area contributed by atoms with Crippen LogP contribution in [-0.2, 0) is 20.2 Å². The summed E-state index contributed by atoms with van der Waals surface area (Å²) < 4.78 is 55.9. The molecule has 0 amide bonds. The van der Waals surface area contributed by atoms with Crippen molar-refractivity contribution in [3.63, 3.8) is 0 Å². The van der Waals surface area contributed by atoms with Crippen molar-refractivity contribution in [1.29, 1.82) is 0 Å². The van der Waals surface area contributed by atoms with Gasteiger partial charge in [-0.25, -0.2) is 0 Å². The lowest BCUT2D eigenvalue weighted by atomic mass is 9.99. The maximum Gasteiger partial charge on any atom is 0.306 e. The lowest BCUT2D eigenvalue weighted by Gasteiger charge is -2.12. The lowest BCUT2D eigenvalue weighted by molar-refractivity contribution is 0.490. The van der Waals surface area contributed by atoms with Crippen LogP contribution in [0.4, 0.5) is 0 Å². The Hall–Kier alpha value is -2.58. The largest absolute Gasteiger partial charge is 0.382 e. The van der Waals surface area contributed by atoms with Crippen LogP contribution in [0.3, 0.4) is 0 Å². The quantitative estimate of drug-likeness (QED) is 0.625. The summed E-state index contributed by atoms with van der Waals surface area (Å²) in [6.07, 6.45) is 9.04. The van der Waals surface area contributed by atoms with E-state index in [2.05, 4.69) is 0 Å². The first-order valence-corrected chi connectivity index (χ1v) is 12.0. The van der Waals surface area contributed by atoms with E-state index in [4.69, 9.17) is 8.37 Å². The van der Waals surface area contributed by atoms with Crippen molar-refractivity contribution in [2.24, 2.45) is 0 Å². The van der Waals surface area contributed by atoms with Gasteiger partial charge in [0.2, 0.25) is 0 Å². The molecule has 0 aliphatic heterocycles. The molecule has 8 heteroatoms. The minimum absolute atomic E-state index is 0.232. The van der Waals surface area contributed by atoms with E-state index in [1.807, 2.05) is 13.8 Å². The van der Waals surface area contributed by atoms with Crippen molar-refractivity contribution in [2.75, 3.05) is 12.5 Å². The van der Waals surface area contributed by atoms with Crippen LogP contribution in [0.25, 0.3) is 23.3 Å². The molecule has 0 heterocycles. The SMILES string of the molecule is C/C=C\c1cc(-c2ccc(OS(C)(=O)=O)c(/C=C\C)c2)ccc1OS(C)(=O)=O. The Morgan fingerprint density at radius 1 is 0.679 bits per heavy atom. The molecule has 0 unspecified atom stereocenters. The third kappa shape index (κ3) is 6.24. The van der Waals surface area contributed by atoms with Crippen molar-refractivity contribution < 1.29 is 25.2 Å². The van der Waals surface area contributed by atoms with Crippen molar-refractivity contribution in [2.45, 2.75) is 13.8 Å². The number of rotatable bonds is 7. The molecule has 0 N–H and O–H groups in total. The topological polar surface area (TPSA) is 86.7 Å². The maximum absolute atomic E-state index is 11.5. The highest BCUT2D eigenvalue weighted by atomic mass is 32.2. The van der Waals surface area contributed by atoms with Gasteiger partial charge in [0.15, 0.2) is 0 Å². The van der Waals surface area contributed by atoms with Crippen molar-refractivity contribution in [1.82, 2.24) is 0 Å². The molecule has 6 nitrogen and oxygen atoms in total. The molecule has 2 aromatic rings. The summed E-state index contributed by atoms with van der Waals surface area (Å²) >= 11 is 0. The van der Waals surface area contributed by atoms with Crippen molar-refractivity contribution >= 4 is 32.4 Å². The highest BCUT2D eigenvalue weighted by molar-refractivity contribution is 7.86. The van der Waals surface area contributed by atoms with Gasteiger partial charge in [0.1, 0.15) is 11.5 Å². The molecule has 2 aromatic carbocycles. The molecule has 0 radical (unpaired) electrons.